The molecular weight excluding hydrogens is 452 g/mol. The van der Waals surface area contributed by atoms with E-state index < -0.39 is 15.8 Å². The molecule has 8 heteroatoms. The van der Waals surface area contributed by atoms with E-state index in [1.807, 2.05) is 6.07 Å². The Morgan fingerprint density at radius 1 is 1.19 bits per heavy atom. The Labute approximate surface area is 190 Å². The number of rotatable bonds is 8. The van der Waals surface area contributed by atoms with Crippen LogP contribution < -0.4 is 0 Å². The van der Waals surface area contributed by atoms with E-state index in [1.54, 1.807) is 29.8 Å². The third kappa shape index (κ3) is 4.57. The van der Waals surface area contributed by atoms with Crippen molar-refractivity contribution in [3.05, 3.63) is 52.0 Å². The zero-order valence-corrected chi connectivity index (χ0v) is 19.2. The Bertz CT molecular complexity index is 1160. The molecule has 0 bridgehead atoms. The zero-order chi connectivity index (χ0) is 22.5. The van der Waals surface area contributed by atoms with Gasteiger partial charge < -0.3 is 0 Å². The van der Waals surface area contributed by atoms with Crippen LogP contribution in [0, 0.1) is 5.92 Å². The highest BCUT2D eigenvalue weighted by Crippen LogP contribution is 2.47. The van der Waals surface area contributed by atoms with Crippen LogP contribution in [-0.4, -0.2) is 30.4 Å². The molecule has 4 nitrogen and oxygen atoms in total. The molecule has 3 fully saturated rings. The number of ketones is 1. The molecule has 0 radical (unpaired) electrons. The first-order valence-electron chi connectivity index (χ1n) is 11.1. The summed E-state index contributed by atoms with van der Waals surface area (Å²) in [5.74, 6) is -3.06. The summed E-state index contributed by atoms with van der Waals surface area (Å²) in [7, 11) is -3.35. The van der Waals surface area contributed by atoms with Crippen LogP contribution in [0.1, 0.15) is 67.0 Å². The molecule has 1 aromatic heterocycles. The largest absolute Gasteiger partial charge is 0.294 e. The Hall–Kier alpha value is -1.93. The van der Waals surface area contributed by atoms with Crippen LogP contribution in [0.25, 0.3) is 5.57 Å². The van der Waals surface area contributed by atoms with E-state index in [1.165, 1.54) is 11.3 Å². The van der Waals surface area contributed by atoms with Crippen molar-refractivity contribution in [1.82, 2.24) is 4.98 Å². The molecule has 1 atom stereocenters. The van der Waals surface area contributed by atoms with Crippen molar-refractivity contribution in [3.63, 3.8) is 0 Å². The number of alkyl halides is 2. The van der Waals surface area contributed by atoms with Gasteiger partial charge in [0.25, 0.3) is 0 Å². The third-order valence-electron chi connectivity index (χ3n) is 6.55. The average molecular weight is 478 g/mol. The Morgan fingerprint density at radius 3 is 2.56 bits per heavy atom. The van der Waals surface area contributed by atoms with Crippen LogP contribution in [0.5, 0.6) is 0 Å². The van der Waals surface area contributed by atoms with Gasteiger partial charge in [0.05, 0.1) is 16.6 Å². The number of hydrogen-bond acceptors (Lipinski definition) is 5. The summed E-state index contributed by atoms with van der Waals surface area (Å²) in [5, 5.41) is 2.17. The molecule has 0 saturated heterocycles. The first kappa shape index (κ1) is 21.9. The van der Waals surface area contributed by atoms with E-state index in [0.29, 0.717) is 40.3 Å². The summed E-state index contributed by atoms with van der Waals surface area (Å²) >= 11 is 1.38. The van der Waals surface area contributed by atoms with Crippen molar-refractivity contribution in [1.29, 1.82) is 0 Å². The van der Waals surface area contributed by atoms with E-state index in [0.717, 1.165) is 18.4 Å². The summed E-state index contributed by atoms with van der Waals surface area (Å²) in [4.78, 5) is 17.8. The van der Waals surface area contributed by atoms with Gasteiger partial charge in [-0.25, -0.2) is 22.2 Å². The molecular formula is C24H25F2NO3S2. The number of hydrogen-bond donors (Lipinski definition) is 0. The van der Waals surface area contributed by atoms with Gasteiger partial charge in [-0.1, -0.05) is 12.1 Å². The quantitative estimate of drug-likeness (QED) is 0.465. The van der Waals surface area contributed by atoms with Crippen LogP contribution in [0.2, 0.25) is 0 Å². The van der Waals surface area contributed by atoms with E-state index in [2.05, 4.69) is 4.98 Å². The van der Waals surface area contributed by atoms with Gasteiger partial charge in [-0.2, -0.15) is 0 Å². The monoisotopic (exact) mass is 477 g/mol. The van der Waals surface area contributed by atoms with Crippen LogP contribution >= 0.6 is 11.3 Å². The normalized spacial score (nSPS) is 23.4. The molecule has 0 unspecified atom stereocenters. The minimum atomic E-state index is -3.35. The molecule has 0 amide bonds. The maximum Gasteiger partial charge on any atom is 0.248 e. The highest BCUT2D eigenvalue weighted by Gasteiger charge is 2.41. The number of thiazole rings is 1. The van der Waals surface area contributed by atoms with Gasteiger partial charge in [0, 0.05) is 30.0 Å². The second-order valence-corrected chi connectivity index (χ2v) is 12.4. The van der Waals surface area contributed by atoms with E-state index in [4.69, 9.17) is 0 Å². The van der Waals surface area contributed by atoms with Crippen LogP contribution in [0.3, 0.4) is 0 Å². The molecule has 0 aliphatic heterocycles. The Balaban J connectivity index is 1.53. The summed E-state index contributed by atoms with van der Waals surface area (Å²) in [5.41, 5.74) is 1.80. The first-order valence-corrected chi connectivity index (χ1v) is 13.5. The zero-order valence-electron chi connectivity index (χ0n) is 17.6. The SMILES string of the molecule is O=C(Cc1nccs1)/C(=C/[C@H]1CCC(F)(F)C1)c1ccc(S(=O)(=O)C2CC2)c(C2CC2)c1. The molecule has 0 N–H and O–H groups in total. The Morgan fingerprint density at radius 2 is 1.97 bits per heavy atom. The number of sulfone groups is 1. The fraction of sp³-hybridized carbons (Fsp3) is 0.500. The predicted octanol–water partition coefficient (Wildman–Crippen LogP) is 5.59. The van der Waals surface area contributed by atoms with Crippen molar-refractivity contribution in [2.75, 3.05) is 0 Å². The van der Waals surface area contributed by atoms with Crippen molar-refractivity contribution >= 4 is 32.5 Å². The number of carbonyl (C=O) groups excluding carboxylic acids is 1. The number of allylic oxidation sites excluding steroid dienone is 2. The van der Waals surface area contributed by atoms with E-state index >= 15 is 0 Å². The van der Waals surface area contributed by atoms with Gasteiger partial charge in [0.15, 0.2) is 15.6 Å². The van der Waals surface area contributed by atoms with Crippen LogP contribution in [0.15, 0.2) is 40.7 Å². The van der Waals surface area contributed by atoms with Crippen molar-refractivity contribution in [3.8, 4) is 0 Å². The third-order valence-corrected chi connectivity index (χ3v) is 9.66. The van der Waals surface area contributed by atoms with Crippen molar-refractivity contribution in [2.45, 2.75) is 73.4 Å². The smallest absolute Gasteiger partial charge is 0.248 e. The van der Waals surface area contributed by atoms with Gasteiger partial charge in [-0.3, -0.25) is 4.79 Å². The number of halogens is 2. The lowest BCUT2D eigenvalue weighted by Crippen LogP contribution is -2.12. The fourth-order valence-corrected chi connectivity index (χ4v) is 7.07. The lowest BCUT2D eigenvalue weighted by Gasteiger charge is -2.15. The number of aromatic nitrogens is 1. The first-order chi connectivity index (χ1) is 15.2. The highest BCUT2D eigenvalue weighted by molar-refractivity contribution is 7.92. The lowest BCUT2D eigenvalue weighted by atomic mass is 9.92. The van der Waals surface area contributed by atoms with Crippen LogP contribution in [0.4, 0.5) is 8.78 Å². The molecule has 3 aliphatic rings. The number of carbonyl (C=O) groups is 1. The number of nitrogens with zero attached hydrogens (tertiary/aromatic N) is 1. The molecule has 5 rings (SSSR count). The second kappa shape index (κ2) is 8.13. The van der Waals surface area contributed by atoms with Crippen molar-refractivity contribution < 1.29 is 22.0 Å². The van der Waals surface area contributed by atoms with Gasteiger partial charge in [0.2, 0.25) is 5.92 Å². The second-order valence-electron chi connectivity index (χ2n) is 9.24. The van der Waals surface area contributed by atoms with Gasteiger partial charge in [-0.05, 0) is 67.2 Å². The molecule has 0 spiro atoms. The standard InChI is InChI=1S/C24H25F2NO3S2/c25-24(26)8-7-15(14-24)11-19(21(28)13-23-27-9-10-31-23)17-3-6-22(20(12-17)16-1-2-16)32(29,30)18-4-5-18/h3,6,9-12,15-16,18H,1-2,4-5,7-8,13-14H2/b19-11+/t15-/m1/s1. The topological polar surface area (TPSA) is 64.1 Å². The highest BCUT2D eigenvalue weighted by atomic mass is 32.2. The average Bonchev–Trinajstić information content (AvgIpc) is 3.67. The molecule has 1 heterocycles. The maximum absolute atomic E-state index is 13.8. The van der Waals surface area contributed by atoms with E-state index in [9.17, 15) is 22.0 Å². The number of benzene rings is 1. The fourth-order valence-electron chi connectivity index (χ4n) is 4.53. The summed E-state index contributed by atoms with van der Waals surface area (Å²) < 4.78 is 53.5. The maximum atomic E-state index is 13.8. The molecule has 3 saturated carbocycles. The molecule has 32 heavy (non-hydrogen) atoms. The summed E-state index contributed by atoms with van der Waals surface area (Å²) in [6.45, 7) is 0. The lowest BCUT2D eigenvalue weighted by molar-refractivity contribution is -0.113. The minimum absolute atomic E-state index is 0.105. The summed E-state index contributed by atoms with van der Waals surface area (Å²) in [6.07, 6.45) is 6.59. The Kier molecular flexibility index (Phi) is 5.56. The van der Waals surface area contributed by atoms with E-state index in [-0.39, 0.29) is 42.1 Å². The van der Waals surface area contributed by atoms with Crippen LogP contribution in [-0.2, 0) is 21.1 Å². The molecule has 1 aromatic carbocycles. The van der Waals surface area contributed by atoms with Gasteiger partial charge in [0.1, 0.15) is 5.01 Å². The molecule has 3 aliphatic carbocycles. The molecule has 170 valence electrons. The minimum Gasteiger partial charge on any atom is -0.294 e. The van der Waals surface area contributed by atoms with Crippen molar-refractivity contribution in [2.24, 2.45) is 5.92 Å². The number of Topliss-reactive ketones (excluding diaryl/α,β-unsaturated/α-hetero) is 1. The molecule has 2 aromatic rings. The van der Waals surface area contributed by atoms with Gasteiger partial charge >= 0.3 is 0 Å². The summed E-state index contributed by atoms with van der Waals surface area (Å²) in [6, 6.07) is 5.13. The van der Waals surface area contributed by atoms with Gasteiger partial charge in [-0.15, -0.1) is 11.3 Å². The predicted molar refractivity (Wildman–Crippen MR) is 120 cm³/mol.